The van der Waals surface area contributed by atoms with Crippen LogP contribution in [-0.2, 0) is 0 Å². The van der Waals surface area contributed by atoms with E-state index in [4.69, 9.17) is 0 Å². The molecule has 3 heterocycles. The minimum Gasteiger partial charge on any atom is -0.334 e. The van der Waals surface area contributed by atoms with Crippen LogP contribution in [0.3, 0.4) is 0 Å². The number of piperidine rings is 1. The number of likely N-dealkylation sites (tertiary alicyclic amines) is 2. The number of carbonyl (C=O) groups excluding carboxylic acids is 1. The van der Waals surface area contributed by atoms with Gasteiger partial charge in [-0.05, 0) is 56.6 Å². The van der Waals surface area contributed by atoms with E-state index in [0.717, 1.165) is 25.2 Å². The number of rotatable bonds is 3. The Kier molecular flexibility index (Phi) is 4.29. The summed E-state index contributed by atoms with van der Waals surface area (Å²) in [7, 11) is 0. The molecule has 25 heavy (non-hydrogen) atoms. The Hall–Kier alpha value is -2.21. The topological polar surface area (TPSA) is 52.2 Å². The minimum absolute atomic E-state index is 0.0122. The van der Waals surface area contributed by atoms with Gasteiger partial charge in [0.2, 0.25) is 0 Å². The van der Waals surface area contributed by atoms with Crippen LogP contribution < -0.4 is 0 Å². The van der Waals surface area contributed by atoms with E-state index in [2.05, 4.69) is 22.0 Å². The molecule has 2 aliphatic rings. The van der Waals surface area contributed by atoms with Crippen LogP contribution in [0.5, 0.6) is 0 Å². The number of nitrogens with zero attached hydrogens (tertiary/aromatic N) is 3. The highest BCUT2D eigenvalue weighted by molar-refractivity contribution is 5.94. The Morgan fingerprint density at radius 2 is 2.00 bits per heavy atom. The van der Waals surface area contributed by atoms with Crippen molar-refractivity contribution in [2.24, 2.45) is 0 Å². The molecular formula is C19H23FN4O. The van der Waals surface area contributed by atoms with Crippen LogP contribution in [0, 0.1) is 5.82 Å². The van der Waals surface area contributed by atoms with Crippen LogP contribution in [0.1, 0.15) is 36.7 Å². The van der Waals surface area contributed by atoms with Crippen molar-refractivity contribution in [2.45, 2.75) is 38.3 Å². The zero-order valence-electron chi connectivity index (χ0n) is 14.4. The van der Waals surface area contributed by atoms with Crippen LogP contribution in [-0.4, -0.2) is 57.6 Å². The molecule has 1 unspecified atom stereocenters. The molecule has 6 heteroatoms. The number of aromatic amines is 1. The molecule has 1 aromatic heterocycles. The van der Waals surface area contributed by atoms with Gasteiger partial charge in [0.25, 0.3) is 5.91 Å². The van der Waals surface area contributed by atoms with Gasteiger partial charge in [-0.1, -0.05) is 6.42 Å². The van der Waals surface area contributed by atoms with E-state index in [1.54, 1.807) is 18.2 Å². The first-order valence-electron chi connectivity index (χ1n) is 8.98. The molecule has 2 aromatic rings. The molecule has 5 nitrogen and oxygen atoms in total. The van der Waals surface area contributed by atoms with Gasteiger partial charge < -0.3 is 4.90 Å². The van der Waals surface area contributed by atoms with Gasteiger partial charge in [0, 0.05) is 30.7 Å². The van der Waals surface area contributed by atoms with Gasteiger partial charge in [0.15, 0.2) is 0 Å². The number of benzene rings is 1. The molecule has 0 radical (unpaired) electrons. The molecule has 0 bridgehead atoms. The van der Waals surface area contributed by atoms with E-state index in [9.17, 15) is 9.18 Å². The summed E-state index contributed by atoms with van der Waals surface area (Å²) in [5, 5.41) is 7.02. The van der Waals surface area contributed by atoms with E-state index < -0.39 is 0 Å². The monoisotopic (exact) mass is 342 g/mol. The smallest absolute Gasteiger partial charge is 0.271 e. The summed E-state index contributed by atoms with van der Waals surface area (Å²) in [6, 6.07) is 8.96. The summed E-state index contributed by atoms with van der Waals surface area (Å²) in [5.74, 6) is -0.295. The van der Waals surface area contributed by atoms with Crippen LogP contribution in [0.15, 0.2) is 30.3 Å². The first-order chi connectivity index (χ1) is 12.1. The number of aromatic nitrogens is 2. The van der Waals surface area contributed by atoms with Crippen molar-refractivity contribution < 1.29 is 9.18 Å². The molecule has 1 amide bonds. The maximum atomic E-state index is 13.0. The number of halogens is 1. The normalized spacial score (nSPS) is 22.0. The van der Waals surface area contributed by atoms with E-state index in [1.807, 2.05) is 4.90 Å². The lowest BCUT2D eigenvalue weighted by molar-refractivity contribution is 0.00181. The maximum absolute atomic E-state index is 13.0. The Balaban J connectivity index is 1.39. The highest BCUT2D eigenvalue weighted by atomic mass is 19.1. The fraction of sp³-hybridized carbons (Fsp3) is 0.474. The predicted molar refractivity (Wildman–Crippen MR) is 93.7 cm³/mol. The second-order valence-electron chi connectivity index (χ2n) is 7.12. The molecule has 2 saturated heterocycles. The Morgan fingerprint density at radius 3 is 2.72 bits per heavy atom. The first kappa shape index (κ1) is 16.3. The molecule has 2 aliphatic heterocycles. The van der Waals surface area contributed by atoms with Gasteiger partial charge in [-0.3, -0.25) is 14.8 Å². The van der Waals surface area contributed by atoms with Crippen molar-refractivity contribution in [3.63, 3.8) is 0 Å². The van der Waals surface area contributed by atoms with Crippen molar-refractivity contribution in [1.82, 2.24) is 20.0 Å². The van der Waals surface area contributed by atoms with Crippen molar-refractivity contribution in [3.8, 4) is 11.3 Å². The fourth-order valence-electron chi connectivity index (χ4n) is 3.86. The van der Waals surface area contributed by atoms with E-state index in [-0.39, 0.29) is 11.7 Å². The third kappa shape index (κ3) is 3.18. The Labute approximate surface area is 146 Å². The van der Waals surface area contributed by atoms with Gasteiger partial charge in [-0.15, -0.1) is 0 Å². The molecule has 1 aromatic carbocycles. The zero-order valence-corrected chi connectivity index (χ0v) is 14.4. The minimum atomic E-state index is -0.283. The SMILES string of the molecule is CC1CCCCN1C1CN(C(=O)c2cc(-c3ccc(F)cc3)n[nH]2)C1. The molecule has 0 saturated carbocycles. The lowest BCUT2D eigenvalue weighted by Gasteiger charge is -2.49. The first-order valence-corrected chi connectivity index (χ1v) is 8.98. The van der Waals surface area contributed by atoms with E-state index in [0.29, 0.717) is 23.5 Å². The molecule has 1 N–H and O–H groups in total. The maximum Gasteiger partial charge on any atom is 0.271 e. The molecule has 2 fully saturated rings. The van der Waals surface area contributed by atoms with Crippen molar-refractivity contribution >= 4 is 5.91 Å². The summed E-state index contributed by atoms with van der Waals surface area (Å²) in [6.45, 7) is 5.00. The Morgan fingerprint density at radius 1 is 1.24 bits per heavy atom. The molecule has 132 valence electrons. The van der Waals surface area contributed by atoms with Crippen molar-refractivity contribution in [3.05, 3.63) is 41.8 Å². The number of amides is 1. The third-order valence-corrected chi connectivity index (χ3v) is 5.42. The van der Waals surface area contributed by atoms with Gasteiger partial charge in [-0.25, -0.2) is 4.39 Å². The number of nitrogens with one attached hydrogen (secondary N) is 1. The predicted octanol–water partition coefficient (Wildman–Crippen LogP) is 2.91. The largest absolute Gasteiger partial charge is 0.334 e. The molecule has 0 spiro atoms. The second kappa shape index (κ2) is 6.59. The number of hydrogen-bond acceptors (Lipinski definition) is 3. The molecule has 1 atom stereocenters. The van der Waals surface area contributed by atoms with E-state index >= 15 is 0 Å². The van der Waals surface area contributed by atoms with Gasteiger partial charge in [-0.2, -0.15) is 5.10 Å². The van der Waals surface area contributed by atoms with Crippen molar-refractivity contribution in [2.75, 3.05) is 19.6 Å². The molecular weight excluding hydrogens is 319 g/mol. The lowest BCUT2D eigenvalue weighted by atomic mass is 9.97. The quantitative estimate of drug-likeness (QED) is 0.933. The second-order valence-corrected chi connectivity index (χ2v) is 7.12. The van der Waals surface area contributed by atoms with Gasteiger partial charge in [0.05, 0.1) is 5.69 Å². The summed E-state index contributed by atoms with van der Waals surface area (Å²) in [6.07, 6.45) is 3.83. The van der Waals surface area contributed by atoms with Gasteiger partial charge in [0.1, 0.15) is 11.5 Å². The summed E-state index contributed by atoms with van der Waals surface area (Å²) in [4.78, 5) is 17.0. The molecule has 4 rings (SSSR count). The van der Waals surface area contributed by atoms with E-state index in [1.165, 1.54) is 31.4 Å². The van der Waals surface area contributed by atoms with Crippen LogP contribution >= 0.6 is 0 Å². The standard InChI is InChI=1S/C19H23FN4O/c1-13-4-2-3-9-24(13)16-11-23(12-16)19(25)18-10-17(21-22-18)14-5-7-15(20)8-6-14/h5-8,10,13,16H,2-4,9,11-12H2,1H3,(H,21,22). The lowest BCUT2D eigenvalue weighted by Crippen LogP contribution is -2.63. The number of H-pyrrole nitrogens is 1. The average Bonchev–Trinajstić information content (AvgIpc) is 3.06. The third-order valence-electron chi connectivity index (χ3n) is 5.42. The summed E-state index contributed by atoms with van der Waals surface area (Å²) in [5.41, 5.74) is 1.94. The van der Waals surface area contributed by atoms with Crippen LogP contribution in [0.4, 0.5) is 4.39 Å². The average molecular weight is 342 g/mol. The highest BCUT2D eigenvalue weighted by Gasteiger charge is 2.38. The highest BCUT2D eigenvalue weighted by Crippen LogP contribution is 2.26. The zero-order chi connectivity index (χ0) is 17.4. The summed E-state index contributed by atoms with van der Waals surface area (Å²) < 4.78 is 13.0. The van der Waals surface area contributed by atoms with Crippen LogP contribution in [0.25, 0.3) is 11.3 Å². The van der Waals surface area contributed by atoms with Gasteiger partial charge >= 0.3 is 0 Å². The fourth-order valence-corrected chi connectivity index (χ4v) is 3.86. The Bertz CT molecular complexity index is 751. The number of hydrogen-bond donors (Lipinski definition) is 1. The summed E-state index contributed by atoms with van der Waals surface area (Å²) >= 11 is 0. The van der Waals surface area contributed by atoms with Crippen LogP contribution in [0.2, 0.25) is 0 Å². The number of carbonyl (C=O) groups is 1. The molecule has 0 aliphatic carbocycles. The van der Waals surface area contributed by atoms with Crippen molar-refractivity contribution in [1.29, 1.82) is 0 Å².